The number of hydrogen-bond donors (Lipinski definition) is 0. The summed E-state index contributed by atoms with van der Waals surface area (Å²) >= 11 is 2.28. The summed E-state index contributed by atoms with van der Waals surface area (Å²) in [7, 11) is 0. The molecule has 0 saturated heterocycles. The lowest BCUT2D eigenvalue weighted by Gasteiger charge is -2.13. The van der Waals surface area contributed by atoms with Gasteiger partial charge in [-0.1, -0.05) is 26.7 Å². The maximum Gasteiger partial charge on any atom is 0.123 e. The molecule has 0 aliphatic heterocycles. The van der Waals surface area contributed by atoms with E-state index >= 15 is 0 Å². The van der Waals surface area contributed by atoms with E-state index in [4.69, 9.17) is 0 Å². The zero-order valence-electron chi connectivity index (χ0n) is 8.69. The SMILES string of the molecule is CCCC[C@@H](C)c1cc(F)ccc1I. The summed E-state index contributed by atoms with van der Waals surface area (Å²) in [5.41, 5.74) is 1.15. The van der Waals surface area contributed by atoms with Crippen LogP contribution < -0.4 is 0 Å². The lowest BCUT2D eigenvalue weighted by atomic mass is 9.96. The number of benzene rings is 1. The molecule has 0 fully saturated rings. The van der Waals surface area contributed by atoms with Crippen LogP contribution in [0.2, 0.25) is 0 Å². The van der Waals surface area contributed by atoms with Crippen LogP contribution in [0.25, 0.3) is 0 Å². The first-order valence-corrected chi connectivity index (χ1v) is 6.18. The number of hydrogen-bond acceptors (Lipinski definition) is 0. The van der Waals surface area contributed by atoms with Crippen LogP contribution in [0.4, 0.5) is 4.39 Å². The van der Waals surface area contributed by atoms with Gasteiger partial charge < -0.3 is 0 Å². The van der Waals surface area contributed by atoms with Crippen LogP contribution >= 0.6 is 22.6 Å². The van der Waals surface area contributed by atoms with Crippen molar-refractivity contribution < 1.29 is 4.39 Å². The van der Waals surface area contributed by atoms with Crippen molar-refractivity contribution in [1.29, 1.82) is 0 Å². The van der Waals surface area contributed by atoms with Gasteiger partial charge in [-0.3, -0.25) is 0 Å². The summed E-state index contributed by atoms with van der Waals surface area (Å²) in [6.45, 7) is 4.36. The summed E-state index contributed by atoms with van der Waals surface area (Å²) in [4.78, 5) is 0. The standard InChI is InChI=1S/C12H16FI/c1-3-4-5-9(2)11-8-10(13)6-7-12(11)14/h6-9H,3-5H2,1-2H3/t9-/m1/s1. The van der Waals surface area contributed by atoms with E-state index in [2.05, 4.69) is 36.4 Å². The average Bonchev–Trinajstić information content (AvgIpc) is 2.18. The molecule has 1 aromatic rings. The lowest BCUT2D eigenvalue weighted by molar-refractivity contribution is 0.600. The molecule has 1 aromatic carbocycles. The van der Waals surface area contributed by atoms with E-state index < -0.39 is 0 Å². The van der Waals surface area contributed by atoms with Gasteiger partial charge in [-0.2, -0.15) is 0 Å². The fraction of sp³-hybridized carbons (Fsp3) is 0.500. The minimum Gasteiger partial charge on any atom is -0.207 e. The van der Waals surface area contributed by atoms with Crippen molar-refractivity contribution in [2.75, 3.05) is 0 Å². The van der Waals surface area contributed by atoms with Gasteiger partial charge in [-0.25, -0.2) is 4.39 Å². The zero-order chi connectivity index (χ0) is 10.6. The Hall–Kier alpha value is -0.120. The van der Waals surface area contributed by atoms with Crippen LogP contribution in [0.15, 0.2) is 18.2 Å². The molecule has 0 heterocycles. The highest BCUT2D eigenvalue weighted by molar-refractivity contribution is 14.1. The average molecular weight is 306 g/mol. The van der Waals surface area contributed by atoms with Crippen molar-refractivity contribution in [2.24, 2.45) is 0 Å². The van der Waals surface area contributed by atoms with E-state index in [-0.39, 0.29) is 5.82 Å². The van der Waals surface area contributed by atoms with Crippen LogP contribution in [-0.4, -0.2) is 0 Å². The molecule has 1 rings (SSSR count). The fourth-order valence-electron chi connectivity index (χ4n) is 1.56. The van der Waals surface area contributed by atoms with E-state index in [0.717, 1.165) is 12.0 Å². The molecular weight excluding hydrogens is 290 g/mol. The molecule has 0 unspecified atom stereocenters. The predicted molar refractivity (Wildman–Crippen MR) is 67.1 cm³/mol. The van der Waals surface area contributed by atoms with Gasteiger partial charge >= 0.3 is 0 Å². The second-order valence-electron chi connectivity index (χ2n) is 3.71. The van der Waals surface area contributed by atoms with Crippen molar-refractivity contribution in [1.82, 2.24) is 0 Å². The van der Waals surface area contributed by atoms with Crippen LogP contribution in [0.5, 0.6) is 0 Å². The Morgan fingerprint density at radius 2 is 2.14 bits per heavy atom. The Kier molecular flexibility index (Phi) is 4.85. The van der Waals surface area contributed by atoms with Crippen LogP contribution in [0.3, 0.4) is 0 Å². The molecular formula is C12H16FI. The van der Waals surface area contributed by atoms with Gasteiger partial charge in [0.2, 0.25) is 0 Å². The number of rotatable bonds is 4. The minimum atomic E-state index is -0.122. The second-order valence-corrected chi connectivity index (χ2v) is 4.87. The van der Waals surface area contributed by atoms with E-state index in [0.29, 0.717) is 5.92 Å². The van der Waals surface area contributed by atoms with Crippen LogP contribution in [0.1, 0.15) is 44.6 Å². The molecule has 78 valence electrons. The highest BCUT2D eigenvalue weighted by Crippen LogP contribution is 2.26. The van der Waals surface area contributed by atoms with Crippen molar-refractivity contribution in [2.45, 2.75) is 39.0 Å². The summed E-state index contributed by atoms with van der Waals surface area (Å²) < 4.78 is 14.2. The first kappa shape index (κ1) is 12.0. The van der Waals surface area contributed by atoms with E-state index in [1.165, 1.54) is 22.5 Å². The van der Waals surface area contributed by atoms with Crippen molar-refractivity contribution in [3.05, 3.63) is 33.1 Å². The van der Waals surface area contributed by atoms with Gasteiger partial charge in [-0.05, 0) is 58.7 Å². The monoisotopic (exact) mass is 306 g/mol. The maximum absolute atomic E-state index is 13.0. The topological polar surface area (TPSA) is 0 Å². The Morgan fingerprint density at radius 3 is 2.79 bits per heavy atom. The summed E-state index contributed by atoms with van der Waals surface area (Å²) in [5.74, 6) is 0.348. The summed E-state index contributed by atoms with van der Waals surface area (Å²) in [5, 5.41) is 0. The first-order chi connectivity index (χ1) is 6.65. The molecule has 0 aliphatic carbocycles. The molecule has 0 bridgehead atoms. The molecule has 0 amide bonds. The van der Waals surface area contributed by atoms with Gasteiger partial charge in [-0.15, -0.1) is 0 Å². The van der Waals surface area contributed by atoms with Gasteiger partial charge in [0.25, 0.3) is 0 Å². The lowest BCUT2D eigenvalue weighted by Crippen LogP contribution is -1.97. The maximum atomic E-state index is 13.0. The highest BCUT2D eigenvalue weighted by atomic mass is 127. The zero-order valence-corrected chi connectivity index (χ0v) is 10.8. The third kappa shape index (κ3) is 3.23. The normalized spacial score (nSPS) is 12.9. The molecule has 14 heavy (non-hydrogen) atoms. The molecule has 0 radical (unpaired) electrons. The van der Waals surface area contributed by atoms with Gasteiger partial charge in [0.1, 0.15) is 5.82 Å². The number of unbranched alkanes of at least 4 members (excludes halogenated alkanes) is 1. The summed E-state index contributed by atoms with van der Waals surface area (Å²) in [6, 6.07) is 5.05. The smallest absolute Gasteiger partial charge is 0.123 e. The van der Waals surface area contributed by atoms with Crippen LogP contribution in [0, 0.1) is 9.39 Å². The summed E-state index contributed by atoms with van der Waals surface area (Å²) in [6.07, 6.45) is 3.57. The van der Waals surface area contributed by atoms with Crippen molar-refractivity contribution in [3.8, 4) is 0 Å². The molecule has 1 atom stereocenters. The molecule has 0 aliphatic rings. The third-order valence-corrected chi connectivity index (χ3v) is 3.46. The Morgan fingerprint density at radius 1 is 1.43 bits per heavy atom. The highest BCUT2D eigenvalue weighted by Gasteiger charge is 2.09. The molecule has 0 N–H and O–H groups in total. The molecule has 2 heteroatoms. The van der Waals surface area contributed by atoms with Crippen LogP contribution in [-0.2, 0) is 0 Å². The Bertz CT molecular complexity index is 296. The minimum absolute atomic E-state index is 0.122. The van der Waals surface area contributed by atoms with Gasteiger partial charge in [0.05, 0.1) is 0 Å². The largest absolute Gasteiger partial charge is 0.207 e. The predicted octanol–water partition coefficient (Wildman–Crippen LogP) is 4.72. The quantitative estimate of drug-likeness (QED) is 0.706. The van der Waals surface area contributed by atoms with Gasteiger partial charge in [0, 0.05) is 3.57 Å². The Labute approximate surface area is 99.0 Å². The van der Waals surface area contributed by atoms with Crippen molar-refractivity contribution >= 4 is 22.6 Å². The molecule has 0 nitrogen and oxygen atoms in total. The third-order valence-electron chi connectivity index (χ3n) is 2.48. The molecule has 0 saturated carbocycles. The van der Waals surface area contributed by atoms with E-state index in [1.54, 1.807) is 6.07 Å². The van der Waals surface area contributed by atoms with Gasteiger partial charge in [0.15, 0.2) is 0 Å². The van der Waals surface area contributed by atoms with E-state index in [9.17, 15) is 4.39 Å². The van der Waals surface area contributed by atoms with Crippen molar-refractivity contribution in [3.63, 3.8) is 0 Å². The second kappa shape index (κ2) is 5.69. The van der Waals surface area contributed by atoms with E-state index in [1.807, 2.05) is 6.07 Å². The molecule has 0 aromatic heterocycles. The fourth-order valence-corrected chi connectivity index (χ4v) is 2.43. The number of halogens is 2. The first-order valence-electron chi connectivity index (χ1n) is 5.10. The Balaban J connectivity index is 2.77. The molecule has 0 spiro atoms.